The van der Waals surface area contributed by atoms with Crippen molar-refractivity contribution in [2.45, 2.75) is 140 Å². The van der Waals surface area contributed by atoms with Crippen LogP contribution in [0.3, 0.4) is 0 Å². The molecule has 4 saturated carbocycles. The Bertz CT molecular complexity index is 1030. The van der Waals surface area contributed by atoms with E-state index < -0.39 is 0 Å². The van der Waals surface area contributed by atoms with Gasteiger partial charge in [0, 0.05) is 11.1 Å². The zero-order valence-corrected chi connectivity index (χ0v) is 24.2. The Kier molecular flexibility index (Phi) is 8.76. The van der Waals surface area contributed by atoms with Gasteiger partial charge in [-0.05, 0) is 128 Å². The third-order valence-electron chi connectivity index (χ3n) is 10.9. The lowest BCUT2D eigenvalue weighted by molar-refractivity contribution is -0.113. The second-order valence-electron chi connectivity index (χ2n) is 13.6. The molecule has 4 fully saturated rings. The summed E-state index contributed by atoms with van der Waals surface area (Å²) >= 11 is 0. The zero-order valence-electron chi connectivity index (χ0n) is 24.2. The van der Waals surface area contributed by atoms with Crippen molar-refractivity contribution < 1.29 is 9.90 Å². The Balaban J connectivity index is 1.41. The maximum atomic E-state index is 13.9. The van der Waals surface area contributed by atoms with Crippen LogP contribution in [0.4, 0.5) is 0 Å². The molecule has 2 nitrogen and oxygen atoms in total. The van der Waals surface area contributed by atoms with Crippen LogP contribution in [0.25, 0.3) is 6.08 Å². The average Bonchev–Trinajstić information content (AvgIpc) is 3.00. The highest BCUT2D eigenvalue weighted by molar-refractivity contribution is 6.11. The second kappa shape index (κ2) is 12.6. The van der Waals surface area contributed by atoms with Crippen molar-refractivity contribution in [2.24, 2.45) is 11.8 Å². The Morgan fingerprint density at radius 3 is 1.28 bits per heavy atom. The standard InChI is InChI=1S/C37H50O2/c38-36-32(28-13-5-1-6-14-28)22-26(23-33(36)29-15-7-2-8-16-29)21-27-24-34(30-17-9-3-10-18-30)37(39)35(25-27)31-19-11-4-12-20-31/h21-25,28-31,38H,1-20H2. The van der Waals surface area contributed by atoms with Crippen LogP contribution in [0.1, 0.15) is 157 Å². The highest BCUT2D eigenvalue weighted by atomic mass is 16.3. The van der Waals surface area contributed by atoms with Gasteiger partial charge in [-0.1, -0.05) is 77.0 Å². The fourth-order valence-corrected chi connectivity index (χ4v) is 8.65. The van der Waals surface area contributed by atoms with Gasteiger partial charge in [-0.25, -0.2) is 0 Å². The van der Waals surface area contributed by atoms with Crippen molar-refractivity contribution in [2.75, 3.05) is 0 Å². The van der Waals surface area contributed by atoms with E-state index in [1.807, 2.05) is 0 Å². The van der Waals surface area contributed by atoms with Gasteiger partial charge in [-0.15, -0.1) is 0 Å². The van der Waals surface area contributed by atoms with Gasteiger partial charge in [0.25, 0.3) is 0 Å². The van der Waals surface area contributed by atoms with Gasteiger partial charge in [0.2, 0.25) is 0 Å². The lowest BCUT2D eigenvalue weighted by Gasteiger charge is -2.31. The molecule has 0 saturated heterocycles. The number of Topliss-reactive ketones (excluding diaryl/α,β-unsaturated/α-hetero) is 1. The summed E-state index contributed by atoms with van der Waals surface area (Å²) in [5, 5.41) is 11.6. The summed E-state index contributed by atoms with van der Waals surface area (Å²) in [6, 6.07) is 4.62. The molecule has 210 valence electrons. The smallest absolute Gasteiger partial charge is 0.185 e. The van der Waals surface area contributed by atoms with Crippen LogP contribution in [-0.4, -0.2) is 10.9 Å². The number of hydrogen-bond donors (Lipinski definition) is 1. The van der Waals surface area contributed by atoms with Crippen LogP contribution < -0.4 is 0 Å². The van der Waals surface area contributed by atoms with Crippen LogP contribution in [0.2, 0.25) is 0 Å². The first-order valence-electron chi connectivity index (χ1n) is 16.7. The SMILES string of the molecule is O=C1C(C2CCCCC2)=CC(=Cc2cc(C3CCCCC3)c(O)c(C3CCCCC3)c2)C=C1C1CCCCC1. The number of carbonyl (C=O) groups excluding carboxylic acids is 1. The normalized spacial score (nSPS) is 24.9. The number of aromatic hydroxyl groups is 1. The number of carbonyl (C=O) groups is 1. The van der Waals surface area contributed by atoms with Gasteiger partial charge < -0.3 is 5.11 Å². The summed E-state index contributed by atoms with van der Waals surface area (Å²) in [7, 11) is 0. The first-order valence-corrected chi connectivity index (χ1v) is 16.7. The van der Waals surface area contributed by atoms with Gasteiger partial charge in [0.05, 0.1) is 0 Å². The van der Waals surface area contributed by atoms with Crippen LogP contribution >= 0.6 is 0 Å². The minimum Gasteiger partial charge on any atom is -0.507 e. The first-order chi connectivity index (χ1) is 19.2. The van der Waals surface area contributed by atoms with Crippen molar-refractivity contribution in [1.29, 1.82) is 0 Å². The Morgan fingerprint density at radius 2 is 0.897 bits per heavy atom. The fourth-order valence-electron chi connectivity index (χ4n) is 8.65. The van der Waals surface area contributed by atoms with Crippen molar-refractivity contribution in [3.05, 3.63) is 57.7 Å². The molecule has 5 aliphatic rings. The highest BCUT2D eigenvalue weighted by Gasteiger charge is 2.32. The lowest BCUT2D eigenvalue weighted by atomic mass is 9.73. The van der Waals surface area contributed by atoms with Gasteiger partial charge in [-0.3, -0.25) is 4.79 Å². The molecule has 0 spiro atoms. The molecule has 2 heteroatoms. The molecule has 0 heterocycles. The summed E-state index contributed by atoms with van der Waals surface area (Å²) in [6.07, 6.45) is 31.7. The summed E-state index contributed by atoms with van der Waals surface area (Å²) in [5.74, 6) is 2.78. The average molecular weight is 527 g/mol. The number of hydrogen-bond acceptors (Lipinski definition) is 2. The molecule has 0 unspecified atom stereocenters. The Labute approximate surface area is 237 Å². The molecule has 39 heavy (non-hydrogen) atoms. The quantitative estimate of drug-likeness (QED) is 0.414. The van der Waals surface area contributed by atoms with Crippen LogP contribution in [0, 0.1) is 11.8 Å². The van der Waals surface area contributed by atoms with Gasteiger partial charge >= 0.3 is 0 Å². The molecule has 6 rings (SSSR count). The van der Waals surface area contributed by atoms with E-state index >= 15 is 0 Å². The number of phenols is 1. The number of phenolic OH excluding ortho intramolecular Hbond substituents is 1. The maximum absolute atomic E-state index is 13.9. The molecule has 5 aliphatic carbocycles. The van der Waals surface area contributed by atoms with Crippen molar-refractivity contribution >= 4 is 11.9 Å². The molecule has 0 aliphatic heterocycles. The van der Waals surface area contributed by atoms with Crippen molar-refractivity contribution in [3.63, 3.8) is 0 Å². The summed E-state index contributed by atoms with van der Waals surface area (Å²) in [4.78, 5) is 13.9. The molecule has 0 radical (unpaired) electrons. The topological polar surface area (TPSA) is 37.3 Å². The van der Waals surface area contributed by atoms with E-state index in [-0.39, 0.29) is 0 Å². The van der Waals surface area contributed by atoms with E-state index in [1.165, 1.54) is 151 Å². The van der Waals surface area contributed by atoms with E-state index in [4.69, 9.17) is 0 Å². The largest absolute Gasteiger partial charge is 0.507 e. The predicted molar refractivity (Wildman–Crippen MR) is 162 cm³/mol. The maximum Gasteiger partial charge on any atom is 0.185 e. The first kappa shape index (κ1) is 27.1. The number of rotatable bonds is 5. The molecule has 0 aromatic heterocycles. The lowest BCUT2D eigenvalue weighted by Crippen LogP contribution is -2.25. The molecular weight excluding hydrogens is 476 g/mol. The summed E-state index contributed by atoms with van der Waals surface area (Å²) in [5.41, 5.74) is 7.04. The van der Waals surface area contributed by atoms with E-state index in [0.29, 0.717) is 35.2 Å². The third-order valence-corrected chi connectivity index (χ3v) is 10.9. The van der Waals surface area contributed by atoms with Crippen molar-refractivity contribution in [3.8, 4) is 5.75 Å². The molecular formula is C37H50O2. The van der Waals surface area contributed by atoms with Crippen LogP contribution in [0.15, 0.2) is 41.0 Å². The van der Waals surface area contributed by atoms with E-state index in [1.54, 1.807) is 0 Å². The number of ketones is 1. The number of benzene rings is 1. The second-order valence-corrected chi connectivity index (χ2v) is 13.6. The van der Waals surface area contributed by atoms with Crippen LogP contribution in [0.5, 0.6) is 5.75 Å². The minimum atomic E-state index is 0.363. The minimum absolute atomic E-state index is 0.363. The zero-order chi connectivity index (χ0) is 26.6. The van der Waals surface area contributed by atoms with Gasteiger partial charge in [-0.2, -0.15) is 0 Å². The molecule has 0 atom stereocenters. The summed E-state index contributed by atoms with van der Waals surface area (Å²) < 4.78 is 0. The molecule has 1 aromatic carbocycles. The van der Waals surface area contributed by atoms with Crippen molar-refractivity contribution in [1.82, 2.24) is 0 Å². The monoisotopic (exact) mass is 526 g/mol. The van der Waals surface area contributed by atoms with E-state index in [0.717, 1.165) is 11.1 Å². The summed E-state index contributed by atoms with van der Waals surface area (Å²) in [6.45, 7) is 0. The van der Waals surface area contributed by atoms with Gasteiger partial charge in [0.1, 0.15) is 5.75 Å². The molecule has 1 N–H and O–H groups in total. The predicted octanol–water partition coefficient (Wildman–Crippen LogP) is 10.5. The Hall–Kier alpha value is -2.09. The van der Waals surface area contributed by atoms with Gasteiger partial charge in [0.15, 0.2) is 5.78 Å². The Morgan fingerprint density at radius 1 is 0.538 bits per heavy atom. The molecule has 0 bridgehead atoms. The number of allylic oxidation sites excluding steroid dienone is 5. The fraction of sp³-hybridized carbons (Fsp3) is 0.649. The third kappa shape index (κ3) is 6.15. The van der Waals surface area contributed by atoms with Crippen LogP contribution in [-0.2, 0) is 4.79 Å². The highest BCUT2D eigenvalue weighted by Crippen LogP contribution is 2.45. The van der Waals surface area contributed by atoms with E-state index in [9.17, 15) is 9.90 Å². The molecule has 0 amide bonds. The van der Waals surface area contributed by atoms with E-state index in [2.05, 4.69) is 30.4 Å². The molecule has 1 aromatic rings.